The van der Waals surface area contributed by atoms with E-state index in [2.05, 4.69) is 18.7 Å². The number of piperazine rings is 1. The van der Waals surface area contributed by atoms with E-state index >= 15 is 0 Å². The third kappa shape index (κ3) is 2.97. The summed E-state index contributed by atoms with van der Waals surface area (Å²) in [4.78, 5) is 2.63. The van der Waals surface area contributed by atoms with Gasteiger partial charge in [0.05, 0.1) is 4.90 Å². The Labute approximate surface area is 121 Å². The maximum absolute atomic E-state index is 12.6. The third-order valence-corrected chi connectivity index (χ3v) is 5.78. The summed E-state index contributed by atoms with van der Waals surface area (Å²) in [6, 6.07) is 5.36. The molecule has 1 fully saturated rings. The van der Waals surface area contributed by atoms with Gasteiger partial charge in [-0.3, -0.25) is 4.90 Å². The average molecular weight is 297 g/mol. The molecule has 1 aromatic rings. The Kier molecular flexibility index (Phi) is 4.36. The number of rotatable bonds is 3. The lowest BCUT2D eigenvalue weighted by Gasteiger charge is -2.36. The highest BCUT2D eigenvalue weighted by atomic mass is 32.2. The quantitative estimate of drug-likeness (QED) is 0.854. The van der Waals surface area contributed by atoms with Crippen LogP contribution in [-0.2, 0) is 10.0 Å². The first kappa shape index (κ1) is 15.3. The Morgan fingerprint density at radius 3 is 2.25 bits per heavy atom. The molecule has 1 aliphatic rings. The van der Waals surface area contributed by atoms with Gasteiger partial charge in [0.25, 0.3) is 0 Å². The van der Waals surface area contributed by atoms with Crippen LogP contribution in [0.1, 0.15) is 19.4 Å². The highest BCUT2D eigenvalue weighted by Gasteiger charge is 2.29. The molecule has 1 aliphatic heterocycles. The van der Waals surface area contributed by atoms with E-state index < -0.39 is 10.0 Å². The van der Waals surface area contributed by atoms with E-state index in [1.165, 1.54) is 0 Å². The fourth-order valence-corrected chi connectivity index (χ4v) is 3.93. The second kappa shape index (κ2) is 5.71. The van der Waals surface area contributed by atoms with Crippen molar-refractivity contribution in [2.75, 3.05) is 31.9 Å². The number of hydrogen-bond donors (Lipinski definition) is 1. The Hall–Kier alpha value is -1.11. The molecule has 5 nitrogen and oxygen atoms in total. The van der Waals surface area contributed by atoms with Crippen LogP contribution in [0.2, 0.25) is 0 Å². The van der Waals surface area contributed by atoms with Crippen LogP contribution in [0, 0.1) is 6.92 Å². The van der Waals surface area contributed by atoms with Gasteiger partial charge < -0.3 is 5.73 Å². The zero-order chi connectivity index (χ0) is 14.9. The van der Waals surface area contributed by atoms with Gasteiger partial charge in [0.1, 0.15) is 0 Å². The second-order valence-corrected chi connectivity index (χ2v) is 7.49. The second-order valence-electron chi connectivity index (χ2n) is 5.55. The fourth-order valence-electron chi connectivity index (χ4n) is 2.42. The average Bonchev–Trinajstić information content (AvgIpc) is 2.41. The summed E-state index contributed by atoms with van der Waals surface area (Å²) in [7, 11) is -3.40. The fraction of sp³-hybridized carbons (Fsp3) is 0.571. The lowest BCUT2D eigenvalue weighted by atomic mass is 10.2. The van der Waals surface area contributed by atoms with Crippen molar-refractivity contribution in [2.45, 2.75) is 31.7 Å². The minimum Gasteiger partial charge on any atom is -0.399 e. The van der Waals surface area contributed by atoms with E-state index in [0.717, 1.165) is 18.7 Å². The van der Waals surface area contributed by atoms with Gasteiger partial charge in [-0.15, -0.1) is 0 Å². The monoisotopic (exact) mass is 297 g/mol. The molecule has 2 rings (SSSR count). The van der Waals surface area contributed by atoms with E-state index in [1.54, 1.807) is 22.5 Å². The van der Waals surface area contributed by atoms with Gasteiger partial charge in [-0.25, -0.2) is 8.42 Å². The summed E-state index contributed by atoms with van der Waals surface area (Å²) in [5.41, 5.74) is 7.16. The van der Waals surface area contributed by atoms with Crippen LogP contribution in [-0.4, -0.2) is 49.8 Å². The van der Waals surface area contributed by atoms with Crippen molar-refractivity contribution in [1.82, 2.24) is 9.21 Å². The molecule has 0 saturated carbocycles. The number of sulfonamides is 1. The molecular formula is C14H23N3O2S. The van der Waals surface area contributed by atoms with Gasteiger partial charge >= 0.3 is 0 Å². The summed E-state index contributed by atoms with van der Waals surface area (Å²) < 4.78 is 26.8. The number of nitrogen functional groups attached to an aromatic ring is 1. The van der Waals surface area contributed by atoms with Crippen molar-refractivity contribution in [3.8, 4) is 0 Å². The van der Waals surface area contributed by atoms with Crippen molar-refractivity contribution in [3.63, 3.8) is 0 Å². The van der Waals surface area contributed by atoms with Crippen molar-refractivity contribution in [1.29, 1.82) is 0 Å². The number of anilines is 1. The van der Waals surface area contributed by atoms with E-state index in [1.807, 2.05) is 6.92 Å². The molecule has 1 aromatic carbocycles. The molecule has 1 saturated heterocycles. The largest absolute Gasteiger partial charge is 0.399 e. The Morgan fingerprint density at radius 1 is 1.15 bits per heavy atom. The number of hydrogen-bond acceptors (Lipinski definition) is 4. The van der Waals surface area contributed by atoms with E-state index in [-0.39, 0.29) is 0 Å². The first-order chi connectivity index (χ1) is 9.32. The highest BCUT2D eigenvalue weighted by Crippen LogP contribution is 2.21. The van der Waals surface area contributed by atoms with Gasteiger partial charge in [-0.05, 0) is 44.5 Å². The molecule has 0 unspecified atom stereocenters. The number of nitrogens with two attached hydrogens (primary N) is 1. The Morgan fingerprint density at radius 2 is 1.75 bits per heavy atom. The van der Waals surface area contributed by atoms with Crippen molar-refractivity contribution in [2.24, 2.45) is 0 Å². The minimum absolute atomic E-state index is 0.335. The van der Waals surface area contributed by atoms with Gasteiger partial charge in [-0.2, -0.15) is 4.31 Å². The summed E-state index contributed by atoms with van der Waals surface area (Å²) in [6.07, 6.45) is 0. The maximum atomic E-state index is 12.6. The molecule has 1 heterocycles. The van der Waals surface area contributed by atoms with Crippen LogP contribution in [0.3, 0.4) is 0 Å². The van der Waals surface area contributed by atoms with E-state index in [0.29, 0.717) is 29.7 Å². The normalized spacial score (nSPS) is 18.6. The van der Waals surface area contributed by atoms with Crippen LogP contribution in [0.5, 0.6) is 0 Å². The molecule has 0 aliphatic carbocycles. The maximum Gasteiger partial charge on any atom is 0.243 e. The van der Waals surface area contributed by atoms with E-state index in [4.69, 9.17) is 5.73 Å². The van der Waals surface area contributed by atoms with Gasteiger partial charge in [-0.1, -0.05) is 0 Å². The minimum atomic E-state index is -3.40. The highest BCUT2D eigenvalue weighted by molar-refractivity contribution is 7.89. The van der Waals surface area contributed by atoms with E-state index in [9.17, 15) is 8.42 Å². The molecule has 0 atom stereocenters. The molecule has 6 heteroatoms. The van der Waals surface area contributed by atoms with Crippen LogP contribution in [0.25, 0.3) is 0 Å². The molecule has 112 valence electrons. The molecule has 2 N–H and O–H groups in total. The molecule has 0 spiro atoms. The van der Waals surface area contributed by atoms with Crippen LogP contribution in [0.4, 0.5) is 5.69 Å². The molecule has 20 heavy (non-hydrogen) atoms. The van der Waals surface area contributed by atoms with Crippen LogP contribution in [0.15, 0.2) is 23.1 Å². The number of nitrogens with zero attached hydrogens (tertiary/aromatic N) is 2. The van der Waals surface area contributed by atoms with Crippen molar-refractivity contribution >= 4 is 15.7 Å². The number of benzene rings is 1. The Balaban J connectivity index is 2.17. The molecule has 0 amide bonds. The van der Waals surface area contributed by atoms with Gasteiger partial charge in [0.2, 0.25) is 10.0 Å². The van der Waals surface area contributed by atoms with Crippen LogP contribution < -0.4 is 5.73 Å². The lowest BCUT2D eigenvalue weighted by molar-refractivity contribution is 0.154. The predicted octanol–water partition coefficient (Wildman–Crippen LogP) is 1.29. The Bertz CT molecular complexity index is 576. The summed E-state index contributed by atoms with van der Waals surface area (Å²) >= 11 is 0. The summed E-state index contributed by atoms with van der Waals surface area (Å²) in [5, 5.41) is 0. The van der Waals surface area contributed by atoms with Crippen molar-refractivity contribution < 1.29 is 8.42 Å². The first-order valence-corrected chi connectivity index (χ1v) is 8.36. The molecule has 0 bridgehead atoms. The zero-order valence-corrected chi connectivity index (χ0v) is 13.2. The van der Waals surface area contributed by atoms with Gasteiger partial charge in [0, 0.05) is 37.9 Å². The van der Waals surface area contributed by atoms with Crippen LogP contribution >= 0.6 is 0 Å². The summed E-state index contributed by atoms with van der Waals surface area (Å²) in [5.74, 6) is 0. The molecule has 0 radical (unpaired) electrons. The van der Waals surface area contributed by atoms with Gasteiger partial charge in [0.15, 0.2) is 0 Å². The lowest BCUT2D eigenvalue weighted by Crippen LogP contribution is -2.50. The zero-order valence-electron chi connectivity index (χ0n) is 12.3. The molecular weight excluding hydrogens is 274 g/mol. The SMILES string of the molecule is Cc1cc(S(=O)(=O)N2CCN(C(C)C)CC2)ccc1N. The predicted molar refractivity (Wildman–Crippen MR) is 81.1 cm³/mol. The smallest absolute Gasteiger partial charge is 0.243 e. The third-order valence-electron chi connectivity index (χ3n) is 3.88. The summed E-state index contributed by atoms with van der Waals surface area (Å²) in [6.45, 7) is 8.75. The van der Waals surface area contributed by atoms with Crippen molar-refractivity contribution in [3.05, 3.63) is 23.8 Å². The standard InChI is InChI=1S/C14H23N3O2S/c1-11(2)16-6-8-17(9-7-16)20(18,19)13-4-5-14(15)12(3)10-13/h4-5,10-11H,6-9,15H2,1-3H3. The topological polar surface area (TPSA) is 66.6 Å². The number of aryl methyl sites for hydroxylation is 1. The first-order valence-electron chi connectivity index (χ1n) is 6.92. The molecule has 0 aromatic heterocycles.